The number of benzene rings is 2. The van der Waals surface area contributed by atoms with Crippen molar-refractivity contribution in [2.75, 3.05) is 18.9 Å². The molecule has 0 aliphatic heterocycles. The molecular formula is C19H23N3O5S. The maximum absolute atomic E-state index is 12.6. The van der Waals surface area contributed by atoms with Gasteiger partial charge in [0.2, 0.25) is 15.9 Å². The average Bonchev–Trinajstić information content (AvgIpc) is 2.61. The van der Waals surface area contributed by atoms with Gasteiger partial charge < -0.3 is 5.32 Å². The summed E-state index contributed by atoms with van der Waals surface area (Å²) in [5, 5.41) is 13.6. The summed E-state index contributed by atoms with van der Waals surface area (Å²) in [6.45, 7) is 5.61. The number of nitrogens with zero attached hydrogens (tertiary/aromatic N) is 2. The Hall–Kier alpha value is -2.78. The van der Waals surface area contributed by atoms with E-state index in [2.05, 4.69) is 5.32 Å². The van der Waals surface area contributed by atoms with E-state index >= 15 is 0 Å². The summed E-state index contributed by atoms with van der Waals surface area (Å²) in [6.07, 6.45) is 0. The van der Waals surface area contributed by atoms with Crippen LogP contribution < -0.4 is 5.32 Å². The number of amides is 1. The number of para-hydroxylation sites is 1. The number of likely N-dealkylation sites (N-methyl/N-ethyl adjacent to an activating group) is 1. The van der Waals surface area contributed by atoms with Crippen molar-refractivity contribution in [3.05, 3.63) is 64.2 Å². The van der Waals surface area contributed by atoms with Crippen LogP contribution in [-0.4, -0.2) is 37.1 Å². The molecule has 2 aromatic rings. The van der Waals surface area contributed by atoms with Gasteiger partial charge in [0.15, 0.2) is 0 Å². The lowest BCUT2D eigenvalue weighted by Crippen LogP contribution is -2.35. The summed E-state index contributed by atoms with van der Waals surface area (Å²) in [4.78, 5) is 22.4. The van der Waals surface area contributed by atoms with Crippen LogP contribution in [0.5, 0.6) is 0 Å². The highest BCUT2D eigenvalue weighted by Crippen LogP contribution is 2.29. The lowest BCUT2D eigenvalue weighted by Gasteiger charge is -2.23. The number of anilines is 1. The molecule has 0 aliphatic carbocycles. The molecule has 0 saturated heterocycles. The molecule has 0 bridgehead atoms. The van der Waals surface area contributed by atoms with Crippen molar-refractivity contribution < 1.29 is 18.1 Å². The second-order valence-corrected chi connectivity index (χ2v) is 9.40. The van der Waals surface area contributed by atoms with Gasteiger partial charge in [-0.05, 0) is 23.1 Å². The van der Waals surface area contributed by atoms with Gasteiger partial charge in [0.05, 0.1) is 16.4 Å². The quantitative estimate of drug-likeness (QED) is 0.586. The van der Waals surface area contributed by atoms with Crippen LogP contribution in [0.1, 0.15) is 26.3 Å². The molecule has 0 aromatic heterocycles. The molecule has 0 fully saturated rings. The number of non-ortho nitro benzene ring substituents is 1. The summed E-state index contributed by atoms with van der Waals surface area (Å²) in [6, 6.07) is 12.0. The molecule has 0 heterocycles. The Morgan fingerprint density at radius 2 is 1.79 bits per heavy atom. The summed E-state index contributed by atoms with van der Waals surface area (Å²) in [5.41, 5.74) is 0.997. The van der Waals surface area contributed by atoms with Gasteiger partial charge in [-0.25, -0.2) is 8.42 Å². The first-order valence-electron chi connectivity index (χ1n) is 8.53. The highest BCUT2D eigenvalue weighted by molar-refractivity contribution is 7.89. The van der Waals surface area contributed by atoms with E-state index in [1.165, 1.54) is 25.2 Å². The predicted octanol–water partition coefficient (Wildman–Crippen LogP) is 3.15. The van der Waals surface area contributed by atoms with Gasteiger partial charge in [-0.15, -0.1) is 0 Å². The van der Waals surface area contributed by atoms with Crippen molar-refractivity contribution in [3.63, 3.8) is 0 Å². The summed E-state index contributed by atoms with van der Waals surface area (Å²) in [7, 11) is -2.80. The topological polar surface area (TPSA) is 110 Å². The highest BCUT2D eigenvalue weighted by Gasteiger charge is 2.25. The monoisotopic (exact) mass is 405 g/mol. The van der Waals surface area contributed by atoms with E-state index in [0.717, 1.165) is 15.9 Å². The summed E-state index contributed by atoms with van der Waals surface area (Å²) >= 11 is 0. The first kappa shape index (κ1) is 21.5. The molecule has 1 N–H and O–H groups in total. The highest BCUT2D eigenvalue weighted by atomic mass is 32.2. The van der Waals surface area contributed by atoms with Gasteiger partial charge >= 0.3 is 0 Å². The van der Waals surface area contributed by atoms with Crippen LogP contribution >= 0.6 is 0 Å². The van der Waals surface area contributed by atoms with Crippen LogP contribution in [0.25, 0.3) is 0 Å². The molecule has 0 radical (unpaired) electrons. The fourth-order valence-corrected chi connectivity index (χ4v) is 3.83. The van der Waals surface area contributed by atoms with E-state index in [9.17, 15) is 23.3 Å². The van der Waals surface area contributed by atoms with Gasteiger partial charge in [0.1, 0.15) is 0 Å². The SMILES string of the molecule is CN(CC(=O)Nc1ccccc1C(C)(C)C)S(=O)(=O)c1cccc([N+](=O)[O-])c1. The molecule has 0 saturated carbocycles. The van der Waals surface area contributed by atoms with Crippen molar-refractivity contribution in [1.82, 2.24) is 4.31 Å². The van der Waals surface area contributed by atoms with Crippen molar-refractivity contribution in [2.24, 2.45) is 0 Å². The molecule has 28 heavy (non-hydrogen) atoms. The maximum Gasteiger partial charge on any atom is 0.270 e. The van der Waals surface area contributed by atoms with Crippen LogP contribution in [0.3, 0.4) is 0 Å². The number of nitro groups is 1. The predicted molar refractivity (Wildman–Crippen MR) is 107 cm³/mol. The molecule has 9 heteroatoms. The van der Waals surface area contributed by atoms with Gasteiger partial charge in [0, 0.05) is 24.9 Å². The van der Waals surface area contributed by atoms with Crippen LogP contribution in [0.15, 0.2) is 53.4 Å². The van der Waals surface area contributed by atoms with E-state index in [-0.39, 0.29) is 16.0 Å². The number of nitrogens with one attached hydrogen (secondary N) is 1. The molecule has 2 aromatic carbocycles. The molecule has 150 valence electrons. The Morgan fingerprint density at radius 1 is 1.14 bits per heavy atom. The number of sulfonamides is 1. The average molecular weight is 405 g/mol. The largest absolute Gasteiger partial charge is 0.325 e. The van der Waals surface area contributed by atoms with E-state index in [1.54, 1.807) is 12.1 Å². The number of hydrogen-bond donors (Lipinski definition) is 1. The van der Waals surface area contributed by atoms with E-state index in [4.69, 9.17) is 0 Å². The minimum atomic E-state index is -4.05. The third kappa shape index (κ3) is 4.93. The Labute approximate surface area is 164 Å². The minimum absolute atomic E-state index is 0.204. The third-order valence-corrected chi connectivity index (χ3v) is 5.91. The maximum atomic E-state index is 12.6. The molecule has 1 amide bonds. The fraction of sp³-hybridized carbons (Fsp3) is 0.316. The van der Waals surface area contributed by atoms with Crippen molar-refractivity contribution in [1.29, 1.82) is 0 Å². The van der Waals surface area contributed by atoms with Gasteiger partial charge in [0.25, 0.3) is 5.69 Å². The first-order chi connectivity index (χ1) is 12.9. The molecule has 8 nitrogen and oxygen atoms in total. The van der Waals surface area contributed by atoms with Crippen molar-refractivity contribution >= 4 is 27.3 Å². The smallest absolute Gasteiger partial charge is 0.270 e. The normalized spacial score (nSPS) is 12.0. The molecule has 0 aliphatic rings. The van der Waals surface area contributed by atoms with Crippen LogP contribution in [0.2, 0.25) is 0 Å². The van der Waals surface area contributed by atoms with Crippen molar-refractivity contribution in [3.8, 4) is 0 Å². The number of carbonyl (C=O) groups excluding carboxylic acids is 1. The van der Waals surface area contributed by atoms with Gasteiger partial charge in [-0.2, -0.15) is 4.31 Å². The second kappa shape index (κ2) is 8.07. The van der Waals surface area contributed by atoms with E-state index < -0.39 is 27.4 Å². The number of rotatable bonds is 6. The first-order valence-corrected chi connectivity index (χ1v) is 9.97. The standard InChI is InChI=1S/C19H23N3O5S/c1-19(2,3)16-10-5-6-11-17(16)20-18(23)13-21(4)28(26,27)15-9-7-8-14(12-15)22(24)25/h5-12H,13H2,1-4H3,(H,20,23). The number of carbonyl (C=O) groups is 1. The Kier molecular flexibility index (Phi) is 6.20. The summed E-state index contributed by atoms with van der Waals surface area (Å²) in [5.74, 6) is -0.506. The molecular weight excluding hydrogens is 382 g/mol. The van der Waals surface area contributed by atoms with Crippen LogP contribution in [0, 0.1) is 10.1 Å². The minimum Gasteiger partial charge on any atom is -0.325 e. The fourth-order valence-electron chi connectivity index (χ4n) is 2.66. The molecule has 0 spiro atoms. The zero-order valence-electron chi connectivity index (χ0n) is 16.2. The molecule has 2 rings (SSSR count). The van der Waals surface area contributed by atoms with Crippen LogP contribution in [-0.2, 0) is 20.2 Å². The lowest BCUT2D eigenvalue weighted by atomic mass is 9.86. The number of hydrogen-bond acceptors (Lipinski definition) is 5. The third-order valence-electron chi connectivity index (χ3n) is 4.11. The van der Waals surface area contributed by atoms with Crippen LogP contribution in [0.4, 0.5) is 11.4 Å². The Bertz CT molecular complexity index is 997. The Balaban J connectivity index is 2.19. The molecule has 0 atom stereocenters. The van der Waals surface area contributed by atoms with Gasteiger partial charge in [-0.3, -0.25) is 14.9 Å². The van der Waals surface area contributed by atoms with E-state index in [1.807, 2.05) is 32.9 Å². The summed E-state index contributed by atoms with van der Waals surface area (Å²) < 4.78 is 26.2. The molecule has 0 unspecified atom stereocenters. The zero-order valence-corrected chi connectivity index (χ0v) is 17.0. The van der Waals surface area contributed by atoms with Gasteiger partial charge in [-0.1, -0.05) is 45.0 Å². The Morgan fingerprint density at radius 3 is 2.39 bits per heavy atom. The van der Waals surface area contributed by atoms with Crippen molar-refractivity contribution in [2.45, 2.75) is 31.1 Å². The number of nitro benzene ring substituents is 1. The van der Waals surface area contributed by atoms with E-state index in [0.29, 0.717) is 5.69 Å². The zero-order chi connectivity index (χ0) is 21.1. The second-order valence-electron chi connectivity index (χ2n) is 7.36. The lowest BCUT2D eigenvalue weighted by molar-refractivity contribution is -0.385.